The summed E-state index contributed by atoms with van der Waals surface area (Å²) >= 11 is 0. The van der Waals surface area contributed by atoms with Crippen LogP contribution in [0.15, 0.2) is 0 Å². The average molecular weight is 285 g/mol. The van der Waals surface area contributed by atoms with Crippen LogP contribution in [0, 0.1) is 5.41 Å². The fourth-order valence-electron chi connectivity index (χ4n) is 1.45. The van der Waals surface area contributed by atoms with Crippen LogP contribution in [0.1, 0.15) is 26.7 Å². The minimum atomic E-state index is -0.867. The molecule has 114 valence electrons. The Morgan fingerprint density at radius 1 is 1.30 bits per heavy atom. The van der Waals surface area contributed by atoms with Gasteiger partial charge in [0, 0.05) is 6.42 Å². The number of likely N-dealkylation sites (N-methyl/N-ethyl adjacent to an activating group) is 1. The summed E-state index contributed by atoms with van der Waals surface area (Å²) in [6.07, 6.45) is 0.545. The van der Waals surface area contributed by atoms with Crippen LogP contribution in [-0.4, -0.2) is 61.6 Å². The summed E-state index contributed by atoms with van der Waals surface area (Å²) in [5, 5.41) is 9.37. The first-order chi connectivity index (χ1) is 9.26. The second-order valence-electron chi connectivity index (χ2n) is 4.99. The minimum absolute atomic E-state index is 0.0175. The van der Waals surface area contributed by atoms with Crippen molar-refractivity contribution in [1.82, 2.24) is 10.2 Å². The molecule has 0 aliphatic rings. The number of carbonyl (C=O) groups excluding carboxylic acids is 3. The van der Waals surface area contributed by atoms with Crippen molar-refractivity contribution in [2.45, 2.75) is 38.8 Å². The number of ketones is 1. The standard InChI is InChI=1S/C13H23N3O4/c1-9(2)20-13(19)11(6-5-10(17)7-14)15-12(18)8-16(3)4/h7,9,11,14H,5-6,8H2,1-4H3,(H,15,18)/t11-/m0/s1. The van der Waals surface area contributed by atoms with E-state index >= 15 is 0 Å². The summed E-state index contributed by atoms with van der Waals surface area (Å²) < 4.78 is 5.05. The number of Topliss-reactive ketones (excluding diaryl/α,β-unsaturated/α-hetero) is 1. The second kappa shape index (κ2) is 9.19. The zero-order valence-corrected chi connectivity index (χ0v) is 12.4. The van der Waals surface area contributed by atoms with Crippen molar-refractivity contribution in [3.05, 3.63) is 0 Å². The lowest BCUT2D eigenvalue weighted by Gasteiger charge is -2.19. The van der Waals surface area contributed by atoms with Crippen LogP contribution in [-0.2, 0) is 19.1 Å². The molecular weight excluding hydrogens is 262 g/mol. The Balaban J connectivity index is 4.60. The lowest BCUT2D eigenvalue weighted by molar-refractivity contribution is -0.151. The maximum atomic E-state index is 11.9. The average Bonchev–Trinajstić information content (AvgIpc) is 2.31. The molecule has 7 nitrogen and oxygen atoms in total. The van der Waals surface area contributed by atoms with Crippen LogP contribution in [0.25, 0.3) is 0 Å². The van der Waals surface area contributed by atoms with Crippen molar-refractivity contribution in [2.24, 2.45) is 0 Å². The van der Waals surface area contributed by atoms with Gasteiger partial charge in [0.05, 0.1) is 18.9 Å². The fourth-order valence-corrected chi connectivity index (χ4v) is 1.45. The van der Waals surface area contributed by atoms with E-state index in [1.165, 1.54) is 0 Å². The molecule has 0 spiro atoms. The largest absolute Gasteiger partial charge is 0.461 e. The molecule has 0 radical (unpaired) electrons. The molecule has 20 heavy (non-hydrogen) atoms. The van der Waals surface area contributed by atoms with Gasteiger partial charge in [-0.15, -0.1) is 0 Å². The number of carbonyl (C=O) groups is 3. The SMILES string of the molecule is CC(C)OC(=O)[C@H](CCC(=O)C=N)NC(=O)CN(C)C. The highest BCUT2D eigenvalue weighted by Crippen LogP contribution is 2.03. The summed E-state index contributed by atoms with van der Waals surface area (Å²) in [7, 11) is 3.47. The molecule has 0 saturated heterocycles. The zero-order chi connectivity index (χ0) is 15.7. The van der Waals surface area contributed by atoms with Crippen LogP contribution < -0.4 is 5.32 Å². The number of nitrogens with one attached hydrogen (secondary N) is 2. The van der Waals surface area contributed by atoms with Gasteiger partial charge in [-0.05, 0) is 34.4 Å². The summed E-state index contributed by atoms with van der Waals surface area (Å²) in [6, 6.07) is -0.867. The highest BCUT2D eigenvalue weighted by atomic mass is 16.5. The molecule has 1 amide bonds. The molecule has 0 unspecified atom stereocenters. The number of nitrogens with zero attached hydrogens (tertiary/aromatic N) is 1. The van der Waals surface area contributed by atoms with Crippen molar-refractivity contribution in [1.29, 1.82) is 5.41 Å². The van der Waals surface area contributed by atoms with Crippen LogP contribution >= 0.6 is 0 Å². The smallest absolute Gasteiger partial charge is 0.328 e. The third-order valence-corrected chi connectivity index (χ3v) is 2.27. The van der Waals surface area contributed by atoms with E-state index < -0.39 is 17.8 Å². The van der Waals surface area contributed by atoms with E-state index in [4.69, 9.17) is 10.1 Å². The van der Waals surface area contributed by atoms with Crippen LogP contribution in [0.3, 0.4) is 0 Å². The first kappa shape index (κ1) is 18.2. The summed E-state index contributed by atoms with van der Waals surface area (Å²) in [5.74, 6) is -1.28. The highest BCUT2D eigenvalue weighted by Gasteiger charge is 2.23. The molecule has 0 aliphatic heterocycles. The first-order valence-electron chi connectivity index (χ1n) is 6.44. The van der Waals surface area contributed by atoms with E-state index in [0.29, 0.717) is 6.21 Å². The third kappa shape index (κ3) is 8.36. The van der Waals surface area contributed by atoms with Gasteiger partial charge >= 0.3 is 5.97 Å². The molecule has 0 aromatic carbocycles. The Kier molecular flexibility index (Phi) is 8.38. The molecule has 0 saturated carbocycles. The third-order valence-electron chi connectivity index (χ3n) is 2.27. The van der Waals surface area contributed by atoms with Crippen molar-refractivity contribution in [3.63, 3.8) is 0 Å². The molecule has 2 N–H and O–H groups in total. The van der Waals surface area contributed by atoms with Gasteiger partial charge in [-0.2, -0.15) is 0 Å². The van der Waals surface area contributed by atoms with Gasteiger partial charge in [-0.3, -0.25) is 9.59 Å². The molecule has 1 atom stereocenters. The number of hydrogen-bond acceptors (Lipinski definition) is 6. The van der Waals surface area contributed by atoms with Gasteiger partial charge in [0.15, 0.2) is 5.78 Å². The Morgan fingerprint density at radius 2 is 1.90 bits per heavy atom. The van der Waals surface area contributed by atoms with E-state index in [-0.39, 0.29) is 31.4 Å². The van der Waals surface area contributed by atoms with E-state index in [1.807, 2.05) is 0 Å². The summed E-state index contributed by atoms with van der Waals surface area (Å²) in [4.78, 5) is 36.3. The number of ether oxygens (including phenoxy) is 1. The molecule has 0 rings (SSSR count). The minimum Gasteiger partial charge on any atom is -0.461 e. The van der Waals surface area contributed by atoms with Gasteiger partial charge in [0.1, 0.15) is 6.04 Å². The number of rotatable bonds is 9. The summed E-state index contributed by atoms with van der Waals surface area (Å²) in [5.41, 5.74) is 0. The summed E-state index contributed by atoms with van der Waals surface area (Å²) in [6.45, 7) is 3.56. The van der Waals surface area contributed by atoms with Crippen LogP contribution in [0.2, 0.25) is 0 Å². The molecule has 0 fully saturated rings. The number of hydrogen-bond donors (Lipinski definition) is 2. The number of esters is 1. The van der Waals surface area contributed by atoms with Gasteiger partial charge in [0.2, 0.25) is 5.91 Å². The van der Waals surface area contributed by atoms with E-state index in [2.05, 4.69) is 5.32 Å². The van der Waals surface area contributed by atoms with E-state index in [1.54, 1.807) is 32.8 Å². The van der Waals surface area contributed by atoms with Gasteiger partial charge in [-0.25, -0.2) is 4.79 Å². The maximum absolute atomic E-state index is 11.9. The van der Waals surface area contributed by atoms with Crippen molar-refractivity contribution in [3.8, 4) is 0 Å². The normalized spacial score (nSPS) is 12.1. The quantitative estimate of drug-likeness (QED) is 0.458. The van der Waals surface area contributed by atoms with Crippen molar-refractivity contribution >= 4 is 23.9 Å². The first-order valence-corrected chi connectivity index (χ1v) is 6.44. The van der Waals surface area contributed by atoms with Crippen LogP contribution in [0.4, 0.5) is 0 Å². The molecule has 0 heterocycles. The second-order valence-corrected chi connectivity index (χ2v) is 4.99. The number of amides is 1. The monoisotopic (exact) mass is 285 g/mol. The van der Waals surface area contributed by atoms with Crippen LogP contribution in [0.5, 0.6) is 0 Å². The Bertz CT molecular complexity index is 367. The predicted molar refractivity (Wildman–Crippen MR) is 74.7 cm³/mol. The van der Waals surface area contributed by atoms with Crippen molar-refractivity contribution in [2.75, 3.05) is 20.6 Å². The maximum Gasteiger partial charge on any atom is 0.328 e. The predicted octanol–water partition coefficient (Wildman–Crippen LogP) is -0.0167. The van der Waals surface area contributed by atoms with Gasteiger partial charge in [-0.1, -0.05) is 0 Å². The fraction of sp³-hybridized carbons (Fsp3) is 0.692. The van der Waals surface area contributed by atoms with Gasteiger partial charge < -0.3 is 20.4 Å². The Morgan fingerprint density at radius 3 is 2.35 bits per heavy atom. The molecule has 0 aliphatic carbocycles. The van der Waals surface area contributed by atoms with Gasteiger partial charge in [0.25, 0.3) is 0 Å². The molecule has 0 aromatic rings. The Labute approximate surface area is 119 Å². The van der Waals surface area contributed by atoms with E-state index in [0.717, 1.165) is 0 Å². The molecule has 7 heteroatoms. The van der Waals surface area contributed by atoms with E-state index in [9.17, 15) is 14.4 Å². The molecular formula is C13H23N3O4. The molecule has 0 aromatic heterocycles. The lowest BCUT2D eigenvalue weighted by Crippen LogP contribution is -2.45. The highest BCUT2D eigenvalue weighted by molar-refractivity contribution is 6.26. The lowest BCUT2D eigenvalue weighted by atomic mass is 10.1. The zero-order valence-electron chi connectivity index (χ0n) is 12.4. The molecule has 0 bridgehead atoms. The topological polar surface area (TPSA) is 99.6 Å². The van der Waals surface area contributed by atoms with Crippen molar-refractivity contribution < 1.29 is 19.1 Å². The Hall–Kier alpha value is -1.76.